The quantitative estimate of drug-likeness (QED) is 0.464. The lowest BCUT2D eigenvalue weighted by atomic mass is 10.1. The minimum atomic E-state index is 0.212. The van der Waals surface area contributed by atoms with Crippen LogP contribution in [0.3, 0.4) is 0 Å². The molecule has 0 rings (SSSR count). The maximum Gasteiger partial charge on any atom is 0.0445 e. The average molecular weight is 138 g/mol. The van der Waals surface area contributed by atoms with Crippen molar-refractivity contribution in [3.63, 3.8) is 0 Å². The van der Waals surface area contributed by atoms with Crippen LogP contribution in [0.1, 0.15) is 20.3 Å². The molecule has 0 radical (unpaired) electrons. The van der Waals surface area contributed by atoms with E-state index in [9.17, 15) is 0 Å². The first-order valence-corrected chi connectivity index (χ1v) is 3.51. The predicted octanol–water partition coefficient (Wildman–Crippen LogP) is 1.58. The zero-order chi connectivity index (χ0) is 7.82. The van der Waals surface area contributed by atoms with Gasteiger partial charge in [-0.25, -0.2) is 0 Å². The number of hydrogen-bond acceptors (Lipinski definition) is 1. The summed E-state index contributed by atoms with van der Waals surface area (Å²) in [5.41, 5.74) is 0. The molecule has 0 aromatic heterocycles. The van der Waals surface area contributed by atoms with Crippen LogP contribution in [-0.4, -0.2) is 11.7 Å². The molecule has 0 aromatic rings. The lowest BCUT2D eigenvalue weighted by Gasteiger charge is -1.99. The third kappa shape index (κ3) is 4.17. The summed E-state index contributed by atoms with van der Waals surface area (Å²) in [4.78, 5) is 0. The van der Waals surface area contributed by atoms with E-state index in [1.165, 1.54) is 0 Å². The highest BCUT2D eigenvalue weighted by molar-refractivity contribution is 5.08. The minimum absolute atomic E-state index is 0.212. The van der Waals surface area contributed by atoms with Crippen molar-refractivity contribution >= 4 is 0 Å². The molecule has 0 aliphatic heterocycles. The molecule has 1 nitrogen and oxygen atoms in total. The Morgan fingerprint density at radius 2 is 2.30 bits per heavy atom. The Morgan fingerprint density at radius 3 is 2.70 bits per heavy atom. The van der Waals surface area contributed by atoms with E-state index >= 15 is 0 Å². The van der Waals surface area contributed by atoms with Crippen molar-refractivity contribution in [3.05, 3.63) is 12.2 Å². The highest BCUT2D eigenvalue weighted by Crippen LogP contribution is 2.01. The zero-order valence-electron chi connectivity index (χ0n) is 6.59. The van der Waals surface area contributed by atoms with Gasteiger partial charge >= 0.3 is 0 Å². The van der Waals surface area contributed by atoms with Gasteiger partial charge in [0.1, 0.15) is 0 Å². The Balaban J connectivity index is 3.80. The summed E-state index contributed by atoms with van der Waals surface area (Å²) in [6.45, 7) is 3.99. The maximum atomic E-state index is 8.59. The molecule has 0 spiro atoms. The van der Waals surface area contributed by atoms with Gasteiger partial charge in [0.05, 0.1) is 0 Å². The molecule has 1 N–H and O–H groups in total. The molecule has 0 saturated heterocycles. The van der Waals surface area contributed by atoms with Crippen molar-refractivity contribution in [2.45, 2.75) is 20.3 Å². The van der Waals surface area contributed by atoms with E-state index in [0.717, 1.165) is 6.42 Å². The lowest BCUT2D eigenvalue weighted by Crippen LogP contribution is -1.95. The molecule has 0 aliphatic rings. The van der Waals surface area contributed by atoms with Gasteiger partial charge in [-0.2, -0.15) is 0 Å². The molecule has 0 aliphatic carbocycles. The van der Waals surface area contributed by atoms with E-state index in [1.54, 1.807) is 0 Å². The van der Waals surface area contributed by atoms with Crippen LogP contribution in [0.25, 0.3) is 0 Å². The molecule has 0 fully saturated rings. The number of aliphatic hydroxyl groups excluding tert-OH is 1. The molecule has 56 valence electrons. The van der Waals surface area contributed by atoms with Crippen molar-refractivity contribution in [1.82, 2.24) is 0 Å². The van der Waals surface area contributed by atoms with Crippen molar-refractivity contribution in [3.8, 4) is 11.8 Å². The average Bonchev–Trinajstić information content (AvgIpc) is 1.90. The second-order valence-electron chi connectivity index (χ2n) is 2.04. The summed E-state index contributed by atoms with van der Waals surface area (Å²) in [6.07, 6.45) is 4.71. The number of hydrogen-bond donors (Lipinski definition) is 1. The molecule has 0 saturated carbocycles. The fraction of sp³-hybridized carbons (Fsp3) is 0.556. The van der Waals surface area contributed by atoms with Crippen LogP contribution in [0.2, 0.25) is 0 Å². The Labute approximate surface area is 62.8 Å². The lowest BCUT2D eigenvalue weighted by molar-refractivity contribution is 0.280. The summed E-state index contributed by atoms with van der Waals surface area (Å²) in [7, 11) is 0. The maximum absolute atomic E-state index is 8.59. The Bertz CT molecular complexity index is 148. The van der Waals surface area contributed by atoms with E-state index < -0.39 is 0 Å². The second kappa shape index (κ2) is 6.38. The van der Waals surface area contributed by atoms with Gasteiger partial charge in [-0.05, 0) is 20.3 Å². The molecule has 1 unspecified atom stereocenters. The van der Waals surface area contributed by atoms with E-state index in [0.29, 0.717) is 0 Å². The molecular weight excluding hydrogens is 124 g/mol. The summed E-state index contributed by atoms with van der Waals surface area (Å²) in [5.74, 6) is 6.05. The van der Waals surface area contributed by atoms with Crippen molar-refractivity contribution in [2.75, 3.05) is 6.61 Å². The zero-order valence-corrected chi connectivity index (χ0v) is 6.59. The van der Waals surface area contributed by atoms with Gasteiger partial charge in [-0.3, -0.25) is 0 Å². The van der Waals surface area contributed by atoms with Crippen molar-refractivity contribution < 1.29 is 5.11 Å². The van der Waals surface area contributed by atoms with Gasteiger partial charge in [0, 0.05) is 12.5 Å². The smallest absolute Gasteiger partial charge is 0.0445 e. The van der Waals surface area contributed by atoms with Crippen molar-refractivity contribution in [2.24, 2.45) is 5.92 Å². The van der Waals surface area contributed by atoms with E-state index in [-0.39, 0.29) is 12.5 Å². The first-order chi connectivity index (χ1) is 4.85. The van der Waals surface area contributed by atoms with Gasteiger partial charge in [0.15, 0.2) is 0 Å². The summed E-state index contributed by atoms with van der Waals surface area (Å²) >= 11 is 0. The summed E-state index contributed by atoms with van der Waals surface area (Å²) in [5, 5.41) is 8.59. The van der Waals surface area contributed by atoms with Gasteiger partial charge in [-0.1, -0.05) is 18.1 Å². The molecule has 10 heavy (non-hydrogen) atoms. The second-order valence-corrected chi connectivity index (χ2v) is 2.04. The first-order valence-electron chi connectivity index (χ1n) is 3.51. The Hall–Kier alpha value is -0.740. The Morgan fingerprint density at radius 1 is 1.60 bits per heavy atom. The number of allylic oxidation sites excluding steroid dienone is 2. The number of aliphatic hydroxyl groups is 1. The highest BCUT2D eigenvalue weighted by Gasteiger charge is 1.96. The van der Waals surface area contributed by atoms with E-state index in [1.807, 2.05) is 26.0 Å². The van der Waals surface area contributed by atoms with Gasteiger partial charge in [-0.15, -0.1) is 5.92 Å². The molecule has 0 amide bonds. The SMILES string of the molecule is CC#CC(/C=C/C)CCO. The van der Waals surface area contributed by atoms with E-state index in [4.69, 9.17) is 5.11 Å². The largest absolute Gasteiger partial charge is 0.396 e. The minimum Gasteiger partial charge on any atom is -0.396 e. The monoisotopic (exact) mass is 138 g/mol. The van der Waals surface area contributed by atoms with Crippen molar-refractivity contribution in [1.29, 1.82) is 0 Å². The summed E-state index contributed by atoms with van der Waals surface area (Å²) < 4.78 is 0. The summed E-state index contributed by atoms with van der Waals surface area (Å²) in [6, 6.07) is 0. The predicted molar refractivity (Wildman–Crippen MR) is 43.5 cm³/mol. The van der Waals surface area contributed by atoms with Crippen LogP contribution in [-0.2, 0) is 0 Å². The number of rotatable bonds is 3. The molecule has 0 heterocycles. The highest BCUT2D eigenvalue weighted by atomic mass is 16.2. The molecule has 1 atom stereocenters. The molecule has 0 aromatic carbocycles. The van der Waals surface area contributed by atoms with Crippen LogP contribution < -0.4 is 0 Å². The van der Waals surface area contributed by atoms with E-state index in [2.05, 4.69) is 11.8 Å². The fourth-order valence-corrected chi connectivity index (χ4v) is 0.773. The van der Waals surface area contributed by atoms with Gasteiger partial charge < -0.3 is 5.11 Å². The van der Waals surface area contributed by atoms with Crippen LogP contribution in [0.4, 0.5) is 0 Å². The molecule has 0 bridgehead atoms. The molecule has 1 heteroatoms. The molecular formula is C9H14O. The van der Waals surface area contributed by atoms with Crippen LogP contribution >= 0.6 is 0 Å². The van der Waals surface area contributed by atoms with Crippen LogP contribution in [0, 0.1) is 17.8 Å². The first kappa shape index (κ1) is 9.26. The third-order valence-electron chi connectivity index (χ3n) is 1.19. The van der Waals surface area contributed by atoms with Crippen LogP contribution in [0.5, 0.6) is 0 Å². The Kier molecular flexibility index (Phi) is 5.91. The normalized spacial score (nSPS) is 12.7. The van der Waals surface area contributed by atoms with Crippen LogP contribution in [0.15, 0.2) is 12.2 Å². The van der Waals surface area contributed by atoms with Gasteiger partial charge in [0.2, 0.25) is 0 Å². The van der Waals surface area contributed by atoms with Gasteiger partial charge in [0.25, 0.3) is 0 Å². The topological polar surface area (TPSA) is 20.2 Å². The standard InChI is InChI=1S/C9H14O/c1-3-5-9(6-4-2)7-8-10/h3,5,9-10H,7-8H2,1-2H3/b5-3+. The fourth-order valence-electron chi connectivity index (χ4n) is 0.773. The third-order valence-corrected chi connectivity index (χ3v) is 1.19.